The number of phenols is 1. The summed E-state index contributed by atoms with van der Waals surface area (Å²) in [7, 11) is -3.92. The Balaban J connectivity index is 1.88. The van der Waals surface area contributed by atoms with Gasteiger partial charge in [-0.1, -0.05) is 6.07 Å². The molecule has 0 fully saturated rings. The zero-order valence-corrected chi connectivity index (χ0v) is 16.9. The van der Waals surface area contributed by atoms with Crippen LogP contribution in [-0.4, -0.2) is 26.0 Å². The van der Waals surface area contributed by atoms with Crippen LogP contribution in [0.5, 0.6) is 5.75 Å². The van der Waals surface area contributed by atoms with Gasteiger partial charge in [0.25, 0.3) is 15.9 Å². The number of benzene rings is 3. The second-order valence-corrected chi connectivity index (χ2v) is 8.22. The van der Waals surface area contributed by atoms with Crippen molar-refractivity contribution in [1.29, 1.82) is 5.26 Å². The van der Waals surface area contributed by atoms with Crippen LogP contribution >= 0.6 is 0 Å². The molecule has 1 amide bonds. The van der Waals surface area contributed by atoms with Gasteiger partial charge in [0.05, 0.1) is 22.2 Å². The second-order valence-electron chi connectivity index (χ2n) is 6.36. The van der Waals surface area contributed by atoms with Gasteiger partial charge in [0.2, 0.25) is 0 Å². The van der Waals surface area contributed by atoms with Crippen LogP contribution in [-0.2, 0) is 10.0 Å². The summed E-state index contributed by atoms with van der Waals surface area (Å²) in [4.78, 5) is 12.6. The first kappa shape index (κ1) is 20.9. The second kappa shape index (κ2) is 8.68. The molecule has 0 bridgehead atoms. The van der Waals surface area contributed by atoms with E-state index in [1.807, 2.05) is 6.07 Å². The molecule has 30 heavy (non-hydrogen) atoms. The Labute approximate surface area is 174 Å². The number of nitrogens with one attached hydrogen (secondary N) is 1. The SMILES string of the molecule is CCN(c1ccc(O)cc1)S(=O)(=O)c1cccc(C(=O)Nc2ccc(C#N)cc2)c1. The van der Waals surface area contributed by atoms with Crippen LogP contribution in [0, 0.1) is 11.3 Å². The third-order valence-electron chi connectivity index (χ3n) is 4.38. The average molecular weight is 421 g/mol. The van der Waals surface area contributed by atoms with E-state index in [2.05, 4.69) is 5.32 Å². The minimum absolute atomic E-state index is 0.0232. The van der Waals surface area contributed by atoms with Crippen molar-refractivity contribution in [2.45, 2.75) is 11.8 Å². The fourth-order valence-electron chi connectivity index (χ4n) is 2.87. The number of nitrogens with zero attached hydrogens (tertiary/aromatic N) is 2. The van der Waals surface area contributed by atoms with Crippen molar-refractivity contribution in [2.24, 2.45) is 0 Å². The van der Waals surface area contributed by atoms with Gasteiger partial charge >= 0.3 is 0 Å². The lowest BCUT2D eigenvalue weighted by molar-refractivity contribution is 0.102. The van der Waals surface area contributed by atoms with Crippen molar-refractivity contribution in [2.75, 3.05) is 16.2 Å². The standard InChI is InChI=1S/C22H19N3O4S/c1-2-25(19-10-12-20(26)13-11-19)30(28,29)21-5-3-4-17(14-21)22(27)24-18-8-6-16(15-23)7-9-18/h3-14,26H,2H2,1H3,(H,24,27). The number of carbonyl (C=O) groups excluding carboxylic acids is 1. The Morgan fingerprint density at radius 2 is 1.73 bits per heavy atom. The molecule has 152 valence electrons. The molecule has 0 aromatic heterocycles. The number of phenolic OH excluding ortho intramolecular Hbond substituents is 1. The Hall–Kier alpha value is -3.83. The van der Waals surface area contributed by atoms with E-state index in [0.29, 0.717) is 16.9 Å². The number of amides is 1. The van der Waals surface area contributed by atoms with Crippen molar-refractivity contribution in [3.8, 4) is 11.8 Å². The molecule has 0 atom stereocenters. The van der Waals surface area contributed by atoms with Gasteiger partial charge in [0.1, 0.15) is 5.75 Å². The molecule has 0 saturated carbocycles. The quantitative estimate of drug-likeness (QED) is 0.630. The topological polar surface area (TPSA) is 110 Å². The molecule has 3 aromatic rings. The molecular formula is C22H19N3O4S. The van der Waals surface area contributed by atoms with E-state index in [9.17, 15) is 18.3 Å². The summed E-state index contributed by atoms with van der Waals surface area (Å²) < 4.78 is 27.5. The van der Waals surface area contributed by atoms with Crippen LogP contribution in [0.1, 0.15) is 22.8 Å². The lowest BCUT2D eigenvalue weighted by atomic mass is 10.2. The largest absolute Gasteiger partial charge is 0.508 e. The van der Waals surface area contributed by atoms with Crippen LogP contribution in [0.4, 0.5) is 11.4 Å². The van der Waals surface area contributed by atoms with Gasteiger partial charge in [0.15, 0.2) is 0 Å². The lowest BCUT2D eigenvalue weighted by Crippen LogP contribution is -2.31. The van der Waals surface area contributed by atoms with Gasteiger partial charge in [-0.05, 0) is 73.7 Å². The smallest absolute Gasteiger partial charge is 0.264 e. The Morgan fingerprint density at radius 3 is 2.33 bits per heavy atom. The molecule has 0 saturated heterocycles. The highest BCUT2D eigenvalue weighted by molar-refractivity contribution is 7.92. The molecule has 0 aliphatic heterocycles. The zero-order chi connectivity index (χ0) is 21.7. The molecule has 8 heteroatoms. The van der Waals surface area contributed by atoms with E-state index in [1.54, 1.807) is 31.2 Å². The Bertz CT molecular complexity index is 1200. The number of carbonyl (C=O) groups is 1. The number of hydrogen-bond acceptors (Lipinski definition) is 5. The summed E-state index contributed by atoms with van der Waals surface area (Å²) in [5.41, 5.74) is 1.55. The fourth-order valence-corrected chi connectivity index (χ4v) is 4.39. The van der Waals surface area contributed by atoms with Crippen LogP contribution in [0.25, 0.3) is 0 Å². The van der Waals surface area contributed by atoms with Crippen molar-refractivity contribution >= 4 is 27.3 Å². The minimum atomic E-state index is -3.92. The monoisotopic (exact) mass is 421 g/mol. The Morgan fingerprint density at radius 1 is 1.07 bits per heavy atom. The summed E-state index contributed by atoms with van der Waals surface area (Å²) in [5.74, 6) is -0.432. The molecule has 0 aliphatic carbocycles. The van der Waals surface area contributed by atoms with Gasteiger partial charge in [-0.15, -0.1) is 0 Å². The maximum Gasteiger partial charge on any atom is 0.264 e. The van der Waals surface area contributed by atoms with E-state index in [1.165, 1.54) is 52.8 Å². The zero-order valence-electron chi connectivity index (χ0n) is 16.1. The van der Waals surface area contributed by atoms with Crippen molar-refractivity contribution in [3.05, 3.63) is 83.9 Å². The minimum Gasteiger partial charge on any atom is -0.508 e. The van der Waals surface area contributed by atoms with Crippen LogP contribution in [0.3, 0.4) is 0 Å². The number of rotatable bonds is 6. The number of aromatic hydroxyl groups is 1. The molecule has 3 rings (SSSR count). The first-order valence-corrected chi connectivity index (χ1v) is 10.5. The van der Waals surface area contributed by atoms with Crippen molar-refractivity contribution in [1.82, 2.24) is 0 Å². The van der Waals surface area contributed by atoms with E-state index in [0.717, 1.165) is 0 Å². The number of hydrogen-bond donors (Lipinski definition) is 2. The first-order valence-electron chi connectivity index (χ1n) is 9.08. The first-order chi connectivity index (χ1) is 14.3. The van der Waals surface area contributed by atoms with Gasteiger partial charge in [-0.2, -0.15) is 5.26 Å². The lowest BCUT2D eigenvalue weighted by Gasteiger charge is -2.23. The molecular weight excluding hydrogens is 402 g/mol. The summed E-state index contributed by atoms with van der Waals surface area (Å²) in [5, 5.41) is 21.0. The third-order valence-corrected chi connectivity index (χ3v) is 6.28. The van der Waals surface area contributed by atoms with Crippen LogP contribution in [0.15, 0.2) is 77.7 Å². The van der Waals surface area contributed by atoms with E-state index < -0.39 is 15.9 Å². The third kappa shape index (κ3) is 4.42. The maximum atomic E-state index is 13.2. The van der Waals surface area contributed by atoms with Gasteiger partial charge in [-0.3, -0.25) is 9.10 Å². The molecule has 0 unspecified atom stereocenters. The van der Waals surface area contributed by atoms with Crippen molar-refractivity contribution < 1.29 is 18.3 Å². The number of anilines is 2. The van der Waals surface area contributed by atoms with Gasteiger partial charge < -0.3 is 10.4 Å². The Kier molecular flexibility index (Phi) is 6.04. The molecule has 0 radical (unpaired) electrons. The van der Waals surface area contributed by atoms with E-state index in [4.69, 9.17) is 5.26 Å². The van der Waals surface area contributed by atoms with E-state index >= 15 is 0 Å². The summed E-state index contributed by atoms with van der Waals surface area (Å²) in [6.07, 6.45) is 0. The molecule has 2 N–H and O–H groups in total. The number of sulfonamides is 1. The highest BCUT2D eigenvalue weighted by Gasteiger charge is 2.24. The van der Waals surface area contributed by atoms with Gasteiger partial charge in [0, 0.05) is 17.8 Å². The highest BCUT2D eigenvalue weighted by atomic mass is 32.2. The molecule has 7 nitrogen and oxygen atoms in total. The molecule has 0 aliphatic rings. The van der Waals surface area contributed by atoms with Crippen molar-refractivity contribution in [3.63, 3.8) is 0 Å². The van der Waals surface area contributed by atoms with Crippen LogP contribution in [0.2, 0.25) is 0 Å². The molecule has 0 heterocycles. The summed E-state index contributed by atoms with van der Waals surface area (Å²) >= 11 is 0. The van der Waals surface area contributed by atoms with Crippen LogP contribution < -0.4 is 9.62 Å². The predicted octanol–water partition coefficient (Wildman–Crippen LogP) is 3.73. The highest BCUT2D eigenvalue weighted by Crippen LogP contribution is 2.26. The summed E-state index contributed by atoms with van der Waals surface area (Å²) in [6, 6.07) is 20.0. The normalized spacial score (nSPS) is 10.8. The summed E-state index contributed by atoms with van der Waals surface area (Å²) in [6.45, 7) is 1.88. The molecule has 3 aromatic carbocycles. The number of nitriles is 1. The average Bonchev–Trinajstić information content (AvgIpc) is 2.76. The van der Waals surface area contributed by atoms with Gasteiger partial charge in [-0.25, -0.2) is 8.42 Å². The fraction of sp³-hybridized carbons (Fsp3) is 0.0909. The molecule has 0 spiro atoms. The predicted molar refractivity (Wildman–Crippen MR) is 114 cm³/mol. The van der Waals surface area contributed by atoms with E-state index in [-0.39, 0.29) is 22.8 Å². The maximum absolute atomic E-state index is 13.2.